The van der Waals surface area contributed by atoms with Crippen molar-refractivity contribution in [3.8, 4) is 5.75 Å². The monoisotopic (exact) mass is 340 g/mol. The molecule has 1 aromatic carbocycles. The van der Waals surface area contributed by atoms with E-state index < -0.39 is 0 Å². The van der Waals surface area contributed by atoms with E-state index in [1.165, 1.54) is 0 Å². The van der Waals surface area contributed by atoms with Crippen molar-refractivity contribution in [3.63, 3.8) is 0 Å². The second kappa shape index (κ2) is 7.09. The Bertz CT molecular complexity index is 471. The van der Waals surface area contributed by atoms with Gasteiger partial charge in [-0.15, -0.1) is 0 Å². The number of nitrogens with zero attached hydrogens (tertiary/aromatic N) is 1. The lowest BCUT2D eigenvalue weighted by Crippen LogP contribution is -2.39. The summed E-state index contributed by atoms with van der Waals surface area (Å²) >= 11 is 3.39. The molecule has 0 saturated carbocycles. The van der Waals surface area contributed by atoms with Crippen LogP contribution in [0.15, 0.2) is 22.7 Å². The number of ether oxygens (including phenoxy) is 1. The van der Waals surface area contributed by atoms with Crippen molar-refractivity contribution >= 4 is 21.8 Å². The first-order valence-electron chi connectivity index (χ1n) is 6.98. The number of benzene rings is 1. The Morgan fingerprint density at radius 3 is 2.75 bits per heavy atom. The summed E-state index contributed by atoms with van der Waals surface area (Å²) in [5.74, 6) is 1.34. The summed E-state index contributed by atoms with van der Waals surface area (Å²) in [6.07, 6.45) is 3.15. The Labute approximate surface area is 128 Å². The van der Waals surface area contributed by atoms with Crippen LogP contribution in [-0.4, -0.2) is 37.6 Å². The summed E-state index contributed by atoms with van der Waals surface area (Å²) in [5.41, 5.74) is 6.23. The van der Waals surface area contributed by atoms with Crippen LogP contribution in [0.2, 0.25) is 0 Å². The number of methoxy groups -OCH3 is 1. The highest BCUT2D eigenvalue weighted by Gasteiger charge is 2.25. The normalized spacial score (nSPS) is 16.2. The van der Waals surface area contributed by atoms with Crippen LogP contribution in [0, 0.1) is 5.92 Å². The van der Waals surface area contributed by atoms with Gasteiger partial charge in [0, 0.05) is 17.6 Å². The highest BCUT2D eigenvalue weighted by Crippen LogP contribution is 2.27. The molecule has 0 atom stereocenters. The summed E-state index contributed by atoms with van der Waals surface area (Å²) in [6, 6.07) is 5.52. The Balaban J connectivity index is 2.05. The van der Waals surface area contributed by atoms with E-state index in [1.54, 1.807) is 7.11 Å². The number of amides is 1. The van der Waals surface area contributed by atoms with E-state index in [1.807, 2.05) is 23.1 Å². The summed E-state index contributed by atoms with van der Waals surface area (Å²) < 4.78 is 6.21. The SMILES string of the molecule is COc1cc(Br)ccc1C(=O)N1CCC(CCN)CC1. The highest BCUT2D eigenvalue weighted by molar-refractivity contribution is 9.10. The van der Waals surface area contributed by atoms with Gasteiger partial charge < -0.3 is 15.4 Å². The second-order valence-corrected chi connectivity index (χ2v) is 6.07. The van der Waals surface area contributed by atoms with Crippen molar-refractivity contribution in [2.45, 2.75) is 19.3 Å². The van der Waals surface area contributed by atoms with Gasteiger partial charge in [-0.2, -0.15) is 0 Å². The number of halogens is 1. The maximum atomic E-state index is 12.6. The second-order valence-electron chi connectivity index (χ2n) is 5.16. The minimum atomic E-state index is 0.0561. The molecule has 1 aliphatic rings. The largest absolute Gasteiger partial charge is 0.496 e. The molecule has 1 amide bonds. The quantitative estimate of drug-likeness (QED) is 0.916. The third kappa shape index (κ3) is 3.52. The fraction of sp³-hybridized carbons (Fsp3) is 0.533. The standard InChI is InChI=1S/C15H21BrN2O2/c1-20-14-10-12(16)2-3-13(14)15(19)18-8-5-11(4-7-17)6-9-18/h2-3,10-11H,4-9,17H2,1H3. The third-order valence-electron chi connectivity index (χ3n) is 3.87. The average molecular weight is 341 g/mol. The van der Waals surface area contributed by atoms with E-state index in [-0.39, 0.29) is 5.91 Å². The van der Waals surface area contributed by atoms with Gasteiger partial charge in [-0.05, 0) is 49.9 Å². The number of piperidine rings is 1. The molecule has 1 saturated heterocycles. The zero-order valence-electron chi connectivity index (χ0n) is 11.8. The molecule has 2 N–H and O–H groups in total. The van der Waals surface area contributed by atoms with Crippen molar-refractivity contribution in [2.24, 2.45) is 11.7 Å². The smallest absolute Gasteiger partial charge is 0.257 e. The van der Waals surface area contributed by atoms with Crippen LogP contribution in [0.25, 0.3) is 0 Å². The Morgan fingerprint density at radius 2 is 2.15 bits per heavy atom. The average Bonchev–Trinajstić information content (AvgIpc) is 2.47. The van der Waals surface area contributed by atoms with Crippen LogP contribution in [0.3, 0.4) is 0 Å². The molecule has 2 rings (SSSR count). The molecule has 0 spiro atoms. The first kappa shape index (κ1) is 15.3. The van der Waals surface area contributed by atoms with Crippen molar-refractivity contribution in [1.29, 1.82) is 0 Å². The molecule has 0 bridgehead atoms. The predicted octanol–water partition coefficient (Wildman–Crippen LogP) is 2.66. The molecule has 0 unspecified atom stereocenters. The summed E-state index contributed by atoms with van der Waals surface area (Å²) in [5, 5.41) is 0. The van der Waals surface area contributed by atoms with Crippen LogP contribution in [-0.2, 0) is 0 Å². The van der Waals surface area contributed by atoms with E-state index in [0.717, 1.165) is 43.4 Å². The minimum absolute atomic E-state index is 0.0561. The first-order chi connectivity index (χ1) is 9.65. The van der Waals surface area contributed by atoms with E-state index in [4.69, 9.17) is 10.5 Å². The first-order valence-corrected chi connectivity index (χ1v) is 7.78. The number of carbonyl (C=O) groups is 1. The van der Waals surface area contributed by atoms with Crippen molar-refractivity contribution in [1.82, 2.24) is 4.90 Å². The van der Waals surface area contributed by atoms with Gasteiger partial charge in [0.05, 0.1) is 12.7 Å². The fourth-order valence-electron chi connectivity index (χ4n) is 2.67. The molecule has 0 aliphatic carbocycles. The zero-order chi connectivity index (χ0) is 14.5. The molecule has 20 heavy (non-hydrogen) atoms. The maximum absolute atomic E-state index is 12.6. The van der Waals surface area contributed by atoms with Gasteiger partial charge in [0.2, 0.25) is 0 Å². The van der Waals surface area contributed by atoms with Crippen LogP contribution in [0.4, 0.5) is 0 Å². The fourth-order valence-corrected chi connectivity index (χ4v) is 3.01. The highest BCUT2D eigenvalue weighted by atomic mass is 79.9. The summed E-state index contributed by atoms with van der Waals surface area (Å²) in [4.78, 5) is 14.5. The number of hydrogen-bond acceptors (Lipinski definition) is 3. The molecule has 0 radical (unpaired) electrons. The zero-order valence-corrected chi connectivity index (χ0v) is 13.4. The molecular formula is C15H21BrN2O2. The molecule has 5 heteroatoms. The van der Waals surface area contributed by atoms with Gasteiger partial charge in [-0.25, -0.2) is 0 Å². The van der Waals surface area contributed by atoms with Crippen LogP contribution in [0.5, 0.6) is 5.75 Å². The van der Waals surface area contributed by atoms with E-state index >= 15 is 0 Å². The van der Waals surface area contributed by atoms with Crippen molar-refractivity contribution < 1.29 is 9.53 Å². The molecular weight excluding hydrogens is 320 g/mol. The lowest BCUT2D eigenvalue weighted by atomic mass is 9.93. The molecule has 4 nitrogen and oxygen atoms in total. The number of nitrogens with two attached hydrogens (primary N) is 1. The van der Waals surface area contributed by atoms with Gasteiger partial charge in [-0.1, -0.05) is 15.9 Å². The maximum Gasteiger partial charge on any atom is 0.257 e. The molecule has 110 valence electrons. The number of likely N-dealkylation sites (tertiary alicyclic amines) is 1. The third-order valence-corrected chi connectivity index (χ3v) is 4.36. The molecule has 1 aromatic rings. The van der Waals surface area contributed by atoms with E-state index in [0.29, 0.717) is 17.2 Å². The predicted molar refractivity (Wildman–Crippen MR) is 83.0 cm³/mol. The van der Waals surface area contributed by atoms with E-state index in [9.17, 15) is 4.79 Å². The number of carbonyl (C=O) groups excluding carboxylic acids is 1. The Kier molecular flexibility index (Phi) is 5.43. The molecule has 1 aliphatic heterocycles. The molecule has 0 aromatic heterocycles. The lowest BCUT2D eigenvalue weighted by Gasteiger charge is -2.32. The van der Waals surface area contributed by atoms with Crippen LogP contribution in [0.1, 0.15) is 29.6 Å². The number of hydrogen-bond donors (Lipinski definition) is 1. The lowest BCUT2D eigenvalue weighted by molar-refractivity contribution is 0.0684. The van der Waals surface area contributed by atoms with Gasteiger partial charge in [0.25, 0.3) is 5.91 Å². The number of rotatable bonds is 4. The van der Waals surface area contributed by atoms with Crippen LogP contribution < -0.4 is 10.5 Å². The minimum Gasteiger partial charge on any atom is -0.496 e. The van der Waals surface area contributed by atoms with Gasteiger partial charge >= 0.3 is 0 Å². The van der Waals surface area contributed by atoms with E-state index in [2.05, 4.69) is 15.9 Å². The topological polar surface area (TPSA) is 55.6 Å². The van der Waals surface area contributed by atoms with Gasteiger partial charge in [-0.3, -0.25) is 4.79 Å². The molecule has 1 fully saturated rings. The van der Waals surface area contributed by atoms with Crippen molar-refractivity contribution in [2.75, 3.05) is 26.7 Å². The Hall–Kier alpha value is -1.07. The van der Waals surface area contributed by atoms with Gasteiger partial charge in [0.1, 0.15) is 5.75 Å². The Morgan fingerprint density at radius 1 is 1.45 bits per heavy atom. The van der Waals surface area contributed by atoms with Gasteiger partial charge in [0.15, 0.2) is 0 Å². The summed E-state index contributed by atoms with van der Waals surface area (Å²) in [6.45, 7) is 2.35. The molecule has 1 heterocycles. The van der Waals surface area contributed by atoms with Crippen molar-refractivity contribution in [3.05, 3.63) is 28.2 Å². The van der Waals surface area contributed by atoms with Crippen LogP contribution >= 0.6 is 15.9 Å². The summed E-state index contributed by atoms with van der Waals surface area (Å²) in [7, 11) is 1.59.